The molecule has 3 rings (SSSR count). The lowest BCUT2D eigenvalue weighted by atomic mass is 9.68. The summed E-state index contributed by atoms with van der Waals surface area (Å²) >= 11 is 0. The van der Waals surface area contributed by atoms with Gasteiger partial charge in [0.05, 0.1) is 12.1 Å². The molecule has 3 fully saturated rings. The molecule has 124 valence electrons. The van der Waals surface area contributed by atoms with Gasteiger partial charge in [-0.2, -0.15) is 0 Å². The molecule has 3 heteroatoms. The second-order valence-electron chi connectivity index (χ2n) is 7.79. The minimum Gasteiger partial charge on any atom is -0.299 e. The van der Waals surface area contributed by atoms with Gasteiger partial charge in [-0.1, -0.05) is 32.1 Å². The molecule has 1 N–H and O–H groups in total. The van der Waals surface area contributed by atoms with Gasteiger partial charge in [0.2, 0.25) is 0 Å². The Balaban J connectivity index is 1.66. The van der Waals surface area contributed by atoms with Crippen molar-refractivity contribution in [1.82, 2.24) is 5.32 Å². The van der Waals surface area contributed by atoms with Crippen LogP contribution in [-0.2, 0) is 4.79 Å². The van der Waals surface area contributed by atoms with Crippen molar-refractivity contribution in [1.29, 1.82) is 0 Å². The van der Waals surface area contributed by atoms with Crippen LogP contribution in [0.4, 0.5) is 0 Å². The van der Waals surface area contributed by atoms with Crippen molar-refractivity contribution >= 4 is 11.5 Å². The van der Waals surface area contributed by atoms with Gasteiger partial charge < -0.3 is 0 Å². The Morgan fingerprint density at radius 1 is 0.864 bits per heavy atom. The van der Waals surface area contributed by atoms with Crippen molar-refractivity contribution in [3.8, 4) is 0 Å². The third-order valence-corrected chi connectivity index (χ3v) is 6.29. The Kier molecular flexibility index (Phi) is 5.33. The predicted octanol–water partition coefficient (Wildman–Crippen LogP) is 3.91. The molecule has 1 saturated heterocycles. The van der Waals surface area contributed by atoms with E-state index in [1.165, 1.54) is 50.7 Å². The summed E-state index contributed by atoms with van der Waals surface area (Å²) in [4.78, 5) is 16.8. The molecule has 1 heterocycles. The second kappa shape index (κ2) is 7.25. The van der Waals surface area contributed by atoms with Crippen LogP contribution in [0.5, 0.6) is 0 Å². The van der Waals surface area contributed by atoms with Gasteiger partial charge in [-0.3, -0.25) is 15.1 Å². The van der Waals surface area contributed by atoms with Crippen LogP contribution < -0.4 is 5.32 Å². The lowest BCUT2D eigenvalue weighted by Crippen LogP contribution is -2.49. The third-order valence-electron chi connectivity index (χ3n) is 6.29. The maximum absolute atomic E-state index is 11.6. The number of carbonyl (C=O) groups excluding carboxylic acids is 1. The minimum absolute atomic E-state index is 0.0534. The summed E-state index contributed by atoms with van der Waals surface area (Å²) < 4.78 is 0. The zero-order valence-electron chi connectivity index (χ0n) is 14.3. The lowest BCUT2D eigenvalue weighted by Gasteiger charge is -2.40. The van der Waals surface area contributed by atoms with Crippen LogP contribution >= 0.6 is 0 Å². The molecular weight excluding hydrogens is 272 g/mol. The molecular formula is C19H32N2O. The van der Waals surface area contributed by atoms with Gasteiger partial charge in [-0.05, 0) is 57.8 Å². The molecule has 5 unspecified atom stereocenters. The first-order valence-electron chi connectivity index (χ1n) is 9.46. The Morgan fingerprint density at radius 2 is 1.55 bits per heavy atom. The van der Waals surface area contributed by atoms with Gasteiger partial charge >= 0.3 is 0 Å². The van der Waals surface area contributed by atoms with Crippen LogP contribution in [0.3, 0.4) is 0 Å². The summed E-state index contributed by atoms with van der Waals surface area (Å²) in [7, 11) is 0. The minimum atomic E-state index is 0.0534. The molecule has 5 atom stereocenters. The Labute approximate surface area is 135 Å². The number of fused-ring (bicyclic) bond motifs is 1. The Morgan fingerprint density at radius 3 is 2.36 bits per heavy atom. The number of Topliss-reactive ketones (excluding diaryl/α,β-unsaturated/α-hetero) is 1. The van der Waals surface area contributed by atoms with Gasteiger partial charge in [0.25, 0.3) is 0 Å². The molecule has 0 aromatic carbocycles. The number of piperidine rings is 1. The lowest BCUT2D eigenvalue weighted by molar-refractivity contribution is -0.119. The van der Waals surface area contributed by atoms with Crippen molar-refractivity contribution in [3.05, 3.63) is 0 Å². The van der Waals surface area contributed by atoms with E-state index in [1.54, 1.807) is 6.92 Å². The summed E-state index contributed by atoms with van der Waals surface area (Å²) in [6.45, 7) is 3.90. The molecule has 2 aliphatic carbocycles. The molecule has 3 nitrogen and oxygen atoms in total. The van der Waals surface area contributed by atoms with Gasteiger partial charge in [0.15, 0.2) is 0 Å². The maximum atomic E-state index is 11.6. The number of rotatable bonds is 3. The monoisotopic (exact) mass is 304 g/mol. The number of carbonyl (C=O) groups is 1. The highest BCUT2D eigenvalue weighted by Gasteiger charge is 2.35. The van der Waals surface area contributed by atoms with Crippen LogP contribution in [0.15, 0.2) is 4.99 Å². The van der Waals surface area contributed by atoms with Crippen molar-refractivity contribution < 1.29 is 4.79 Å². The van der Waals surface area contributed by atoms with Crippen LogP contribution in [-0.4, -0.2) is 29.6 Å². The molecule has 22 heavy (non-hydrogen) atoms. The van der Waals surface area contributed by atoms with Crippen LogP contribution in [0.1, 0.15) is 78.1 Å². The molecule has 0 spiro atoms. The molecule has 1 aliphatic heterocycles. The van der Waals surface area contributed by atoms with Crippen LogP contribution in [0.25, 0.3) is 0 Å². The summed E-state index contributed by atoms with van der Waals surface area (Å²) in [6, 6.07) is 0.933. The summed E-state index contributed by atoms with van der Waals surface area (Å²) in [5.74, 6) is 2.06. The highest BCUT2D eigenvalue weighted by atomic mass is 16.1. The fraction of sp³-hybridized carbons (Fsp3) is 0.895. The van der Waals surface area contributed by atoms with E-state index in [-0.39, 0.29) is 11.8 Å². The fourth-order valence-electron chi connectivity index (χ4n) is 5.00. The highest BCUT2D eigenvalue weighted by molar-refractivity contribution is 5.89. The van der Waals surface area contributed by atoms with E-state index in [0.29, 0.717) is 12.1 Å². The maximum Gasteiger partial charge on any atom is 0.146 e. The number of aliphatic imine (C=N–C) groups is 1. The van der Waals surface area contributed by atoms with Crippen LogP contribution in [0, 0.1) is 11.8 Å². The number of nitrogens with one attached hydrogen (secondary N) is 1. The van der Waals surface area contributed by atoms with Gasteiger partial charge in [0.1, 0.15) is 5.78 Å². The predicted molar refractivity (Wildman–Crippen MR) is 91.4 cm³/mol. The molecule has 0 aromatic heterocycles. The van der Waals surface area contributed by atoms with E-state index >= 15 is 0 Å². The normalized spacial score (nSPS) is 40.1. The Hall–Kier alpha value is -0.700. The van der Waals surface area contributed by atoms with E-state index in [9.17, 15) is 4.79 Å². The standard InChI is InChI=1S/C19H32N2O/c1-13(17-10-6-11-18(21-17)14(2)22)20-19-12-5-8-15-7-3-4-9-16(15)19/h15-19,21H,3-12H2,1-2H3. The zero-order chi connectivity index (χ0) is 15.5. The van der Waals surface area contributed by atoms with E-state index in [4.69, 9.17) is 4.99 Å². The second-order valence-corrected chi connectivity index (χ2v) is 7.79. The zero-order valence-corrected chi connectivity index (χ0v) is 14.3. The Bertz CT molecular complexity index is 429. The van der Waals surface area contributed by atoms with Crippen LogP contribution in [0.2, 0.25) is 0 Å². The first-order valence-corrected chi connectivity index (χ1v) is 9.46. The largest absolute Gasteiger partial charge is 0.299 e. The molecule has 3 aliphatic rings. The molecule has 0 aromatic rings. The third kappa shape index (κ3) is 3.61. The highest BCUT2D eigenvalue weighted by Crippen LogP contribution is 2.42. The van der Waals surface area contributed by atoms with E-state index in [1.807, 2.05) is 0 Å². The number of nitrogens with zero attached hydrogens (tertiary/aromatic N) is 1. The van der Waals surface area contributed by atoms with Crippen molar-refractivity contribution in [2.45, 2.75) is 96.2 Å². The summed E-state index contributed by atoms with van der Waals surface area (Å²) in [5.41, 5.74) is 1.25. The molecule has 0 radical (unpaired) electrons. The quantitative estimate of drug-likeness (QED) is 0.803. The van der Waals surface area contributed by atoms with Gasteiger partial charge in [-0.15, -0.1) is 0 Å². The fourth-order valence-corrected chi connectivity index (χ4v) is 5.00. The topological polar surface area (TPSA) is 41.5 Å². The first-order chi connectivity index (χ1) is 10.6. The average molecular weight is 304 g/mol. The number of hydrogen-bond acceptors (Lipinski definition) is 3. The average Bonchev–Trinajstić information content (AvgIpc) is 2.55. The van der Waals surface area contributed by atoms with Crippen molar-refractivity contribution in [2.24, 2.45) is 16.8 Å². The smallest absolute Gasteiger partial charge is 0.146 e. The molecule has 2 saturated carbocycles. The van der Waals surface area contributed by atoms with Gasteiger partial charge in [0, 0.05) is 11.8 Å². The van der Waals surface area contributed by atoms with Crippen molar-refractivity contribution in [3.63, 3.8) is 0 Å². The van der Waals surface area contributed by atoms with E-state index < -0.39 is 0 Å². The molecule has 0 amide bonds. The van der Waals surface area contributed by atoms with E-state index in [2.05, 4.69) is 12.2 Å². The van der Waals surface area contributed by atoms with Crippen molar-refractivity contribution in [2.75, 3.05) is 0 Å². The van der Waals surface area contributed by atoms with Gasteiger partial charge in [-0.25, -0.2) is 0 Å². The van der Waals surface area contributed by atoms with E-state index in [0.717, 1.165) is 31.1 Å². The molecule has 0 bridgehead atoms. The first kappa shape index (κ1) is 16.2. The number of hydrogen-bond donors (Lipinski definition) is 1. The summed E-state index contributed by atoms with van der Waals surface area (Å²) in [6.07, 6.45) is 13.0. The SMILES string of the molecule is CC(=O)C1CCCC(C(C)=NC2CCCC3CCCCC32)N1. The summed E-state index contributed by atoms with van der Waals surface area (Å²) in [5, 5.41) is 3.53. The number of ketones is 1.